The highest BCUT2D eigenvalue weighted by atomic mass is 19.1. The van der Waals surface area contributed by atoms with Gasteiger partial charge in [-0.15, -0.1) is 5.10 Å². The van der Waals surface area contributed by atoms with E-state index in [2.05, 4.69) is 10.1 Å². The van der Waals surface area contributed by atoms with Crippen molar-refractivity contribution in [2.45, 2.75) is 6.54 Å². The predicted molar refractivity (Wildman–Crippen MR) is 103 cm³/mol. The van der Waals surface area contributed by atoms with Crippen molar-refractivity contribution in [1.82, 2.24) is 14.6 Å². The standard InChI is InChI=1S/C21H18F2N4O/c1-26(13-14-6-4-3-5-7-14)19-11-10-18-24-20(21(28-2)27(18)25-19)16-9-8-15(22)12-17(16)23/h3-12H,13H2,1-2H3. The first kappa shape index (κ1) is 17.9. The topological polar surface area (TPSA) is 42.7 Å². The van der Waals surface area contributed by atoms with Crippen molar-refractivity contribution in [1.29, 1.82) is 0 Å². The molecule has 2 aromatic heterocycles. The van der Waals surface area contributed by atoms with E-state index in [9.17, 15) is 8.78 Å². The molecule has 0 aliphatic heterocycles. The van der Waals surface area contributed by atoms with Crippen LogP contribution in [0.4, 0.5) is 14.6 Å². The minimum Gasteiger partial charge on any atom is -0.479 e. The zero-order chi connectivity index (χ0) is 19.7. The molecule has 2 heterocycles. The first-order valence-electron chi connectivity index (χ1n) is 8.71. The summed E-state index contributed by atoms with van der Waals surface area (Å²) in [5.74, 6) is -0.358. The van der Waals surface area contributed by atoms with E-state index in [-0.39, 0.29) is 17.1 Å². The predicted octanol–water partition coefficient (Wildman–Crippen LogP) is 4.32. The number of benzene rings is 2. The summed E-state index contributed by atoms with van der Waals surface area (Å²) in [6.07, 6.45) is 0. The lowest BCUT2D eigenvalue weighted by atomic mass is 10.1. The van der Waals surface area contributed by atoms with Gasteiger partial charge in [0.15, 0.2) is 5.65 Å². The van der Waals surface area contributed by atoms with Crippen LogP contribution in [0.25, 0.3) is 16.9 Å². The van der Waals surface area contributed by atoms with E-state index in [1.807, 2.05) is 48.3 Å². The largest absolute Gasteiger partial charge is 0.479 e. The summed E-state index contributed by atoms with van der Waals surface area (Å²) in [6.45, 7) is 0.676. The molecule has 0 aliphatic carbocycles. The van der Waals surface area contributed by atoms with Crippen molar-refractivity contribution in [2.75, 3.05) is 19.1 Å². The second-order valence-electron chi connectivity index (χ2n) is 6.40. The number of anilines is 1. The molecule has 0 amide bonds. The minimum atomic E-state index is -0.705. The van der Waals surface area contributed by atoms with Crippen LogP contribution < -0.4 is 9.64 Å². The Bertz CT molecular complexity index is 1130. The highest BCUT2D eigenvalue weighted by Gasteiger charge is 2.20. The van der Waals surface area contributed by atoms with Gasteiger partial charge in [0.2, 0.25) is 5.88 Å². The number of aromatic nitrogens is 3. The number of rotatable bonds is 5. The molecule has 4 rings (SSSR count). The molecule has 4 aromatic rings. The number of nitrogens with zero attached hydrogens (tertiary/aromatic N) is 4. The fourth-order valence-electron chi connectivity index (χ4n) is 3.09. The average Bonchev–Trinajstić information content (AvgIpc) is 3.06. The minimum absolute atomic E-state index is 0.156. The van der Waals surface area contributed by atoms with E-state index in [0.717, 1.165) is 11.6 Å². The SMILES string of the molecule is COc1c(-c2ccc(F)cc2F)nc2ccc(N(C)Cc3ccccc3)nn12. The van der Waals surface area contributed by atoms with Gasteiger partial charge in [-0.05, 0) is 29.8 Å². The van der Waals surface area contributed by atoms with Crippen LogP contribution in [0, 0.1) is 11.6 Å². The molecule has 2 aromatic carbocycles. The van der Waals surface area contributed by atoms with Crippen molar-refractivity contribution in [3.63, 3.8) is 0 Å². The molecule has 0 atom stereocenters. The van der Waals surface area contributed by atoms with Gasteiger partial charge in [-0.3, -0.25) is 0 Å². The molecule has 28 heavy (non-hydrogen) atoms. The van der Waals surface area contributed by atoms with Gasteiger partial charge in [-0.2, -0.15) is 4.52 Å². The third-order valence-corrected chi connectivity index (χ3v) is 4.46. The highest BCUT2D eigenvalue weighted by molar-refractivity contribution is 5.70. The third kappa shape index (κ3) is 3.26. The van der Waals surface area contributed by atoms with Gasteiger partial charge in [0.1, 0.15) is 23.1 Å². The Morgan fingerprint density at radius 1 is 1.04 bits per heavy atom. The van der Waals surface area contributed by atoms with Crippen molar-refractivity contribution in [2.24, 2.45) is 0 Å². The Hall–Kier alpha value is -3.48. The molecule has 0 unspecified atom stereocenters. The van der Waals surface area contributed by atoms with Gasteiger partial charge in [0.25, 0.3) is 0 Å². The number of fused-ring (bicyclic) bond motifs is 1. The quantitative estimate of drug-likeness (QED) is 0.517. The third-order valence-electron chi connectivity index (χ3n) is 4.46. The first-order valence-corrected chi connectivity index (χ1v) is 8.71. The van der Waals surface area contributed by atoms with Crippen LogP contribution in [-0.2, 0) is 6.54 Å². The van der Waals surface area contributed by atoms with Crippen LogP contribution in [0.15, 0.2) is 60.7 Å². The molecule has 0 radical (unpaired) electrons. The zero-order valence-corrected chi connectivity index (χ0v) is 15.4. The summed E-state index contributed by atoms with van der Waals surface area (Å²) in [6, 6.07) is 17.0. The molecule has 0 saturated carbocycles. The zero-order valence-electron chi connectivity index (χ0n) is 15.4. The van der Waals surface area contributed by atoms with Crippen molar-refractivity contribution >= 4 is 11.5 Å². The Morgan fingerprint density at radius 2 is 1.82 bits per heavy atom. The fourth-order valence-corrected chi connectivity index (χ4v) is 3.09. The molecule has 0 spiro atoms. The summed E-state index contributed by atoms with van der Waals surface area (Å²) in [5, 5.41) is 4.59. The van der Waals surface area contributed by atoms with Crippen LogP contribution in [0.1, 0.15) is 5.56 Å². The number of ether oxygens (including phenoxy) is 1. The van der Waals surface area contributed by atoms with Crippen molar-refractivity contribution in [3.8, 4) is 17.1 Å². The van der Waals surface area contributed by atoms with E-state index < -0.39 is 11.6 Å². The van der Waals surface area contributed by atoms with E-state index >= 15 is 0 Å². The first-order chi connectivity index (χ1) is 13.6. The number of methoxy groups -OCH3 is 1. The number of hydrogen-bond donors (Lipinski definition) is 0. The Morgan fingerprint density at radius 3 is 2.54 bits per heavy atom. The summed E-state index contributed by atoms with van der Waals surface area (Å²) in [4.78, 5) is 6.42. The maximum Gasteiger partial charge on any atom is 0.243 e. The lowest BCUT2D eigenvalue weighted by molar-refractivity contribution is 0.388. The highest BCUT2D eigenvalue weighted by Crippen LogP contribution is 2.32. The monoisotopic (exact) mass is 380 g/mol. The molecule has 142 valence electrons. The molecule has 7 heteroatoms. The summed E-state index contributed by atoms with van der Waals surface area (Å²) in [7, 11) is 3.40. The van der Waals surface area contributed by atoms with Gasteiger partial charge in [0, 0.05) is 25.2 Å². The summed E-state index contributed by atoms with van der Waals surface area (Å²) >= 11 is 0. The smallest absolute Gasteiger partial charge is 0.243 e. The van der Waals surface area contributed by atoms with Crippen LogP contribution in [-0.4, -0.2) is 28.8 Å². The average molecular weight is 380 g/mol. The van der Waals surface area contributed by atoms with Crippen LogP contribution >= 0.6 is 0 Å². The van der Waals surface area contributed by atoms with Crippen LogP contribution in [0.2, 0.25) is 0 Å². The maximum absolute atomic E-state index is 14.3. The Kier molecular flexibility index (Phi) is 4.65. The fraction of sp³-hybridized carbons (Fsp3) is 0.143. The van der Waals surface area contributed by atoms with E-state index in [4.69, 9.17) is 4.74 Å². The van der Waals surface area contributed by atoms with Gasteiger partial charge in [-0.1, -0.05) is 30.3 Å². The molecular formula is C21H18F2N4O. The molecule has 0 aliphatic rings. The van der Waals surface area contributed by atoms with E-state index in [0.29, 0.717) is 18.0 Å². The molecule has 0 N–H and O–H groups in total. The van der Waals surface area contributed by atoms with Gasteiger partial charge >= 0.3 is 0 Å². The van der Waals surface area contributed by atoms with Gasteiger partial charge in [0.05, 0.1) is 7.11 Å². The normalized spacial score (nSPS) is 11.0. The Labute approximate surface area is 160 Å². The molecule has 0 saturated heterocycles. The summed E-state index contributed by atoms with van der Waals surface area (Å²) in [5.41, 5.74) is 2.09. The van der Waals surface area contributed by atoms with E-state index in [1.54, 1.807) is 6.07 Å². The second kappa shape index (κ2) is 7.26. The van der Waals surface area contributed by atoms with Crippen LogP contribution in [0.3, 0.4) is 0 Å². The number of halogens is 2. The van der Waals surface area contributed by atoms with Crippen molar-refractivity contribution in [3.05, 3.63) is 77.9 Å². The second-order valence-corrected chi connectivity index (χ2v) is 6.40. The number of imidazole rings is 1. The lowest BCUT2D eigenvalue weighted by Gasteiger charge is -2.18. The van der Waals surface area contributed by atoms with Gasteiger partial charge < -0.3 is 9.64 Å². The summed E-state index contributed by atoms with van der Waals surface area (Å²) < 4.78 is 34.5. The molecule has 0 fully saturated rings. The lowest BCUT2D eigenvalue weighted by Crippen LogP contribution is -2.18. The van der Waals surface area contributed by atoms with Crippen LogP contribution in [0.5, 0.6) is 5.88 Å². The molecule has 0 bridgehead atoms. The van der Waals surface area contributed by atoms with Crippen molar-refractivity contribution < 1.29 is 13.5 Å². The number of hydrogen-bond acceptors (Lipinski definition) is 4. The molecule has 5 nitrogen and oxygen atoms in total. The molecular weight excluding hydrogens is 362 g/mol. The maximum atomic E-state index is 14.3. The van der Waals surface area contributed by atoms with E-state index in [1.165, 1.54) is 23.8 Å². The van der Waals surface area contributed by atoms with Gasteiger partial charge in [-0.25, -0.2) is 13.8 Å². The Balaban J connectivity index is 1.75.